The quantitative estimate of drug-likeness (QED) is 0.822. The molecule has 1 saturated carbocycles. The molecule has 2 rings (SSSR count). The minimum Gasteiger partial charge on any atom is -0.490 e. The van der Waals surface area contributed by atoms with Crippen molar-refractivity contribution in [3.8, 4) is 5.75 Å². The number of benzene rings is 1. The first-order chi connectivity index (χ1) is 9.70. The van der Waals surface area contributed by atoms with E-state index in [4.69, 9.17) is 4.74 Å². The summed E-state index contributed by atoms with van der Waals surface area (Å²) in [4.78, 5) is 0. The molecule has 1 aromatic carbocycles. The summed E-state index contributed by atoms with van der Waals surface area (Å²) < 4.78 is 19.6. The molecule has 0 heterocycles. The van der Waals surface area contributed by atoms with Gasteiger partial charge in [0.2, 0.25) is 0 Å². The second-order valence-electron chi connectivity index (χ2n) is 5.74. The second kappa shape index (κ2) is 7.63. The van der Waals surface area contributed by atoms with Crippen LogP contribution < -0.4 is 10.1 Å². The molecule has 0 radical (unpaired) electrons. The van der Waals surface area contributed by atoms with Gasteiger partial charge in [-0.15, -0.1) is 0 Å². The van der Waals surface area contributed by atoms with Crippen LogP contribution in [0.1, 0.15) is 64.0 Å². The van der Waals surface area contributed by atoms with Gasteiger partial charge in [0.15, 0.2) is 0 Å². The van der Waals surface area contributed by atoms with E-state index in [2.05, 4.69) is 19.2 Å². The van der Waals surface area contributed by atoms with Gasteiger partial charge in [-0.05, 0) is 51.6 Å². The van der Waals surface area contributed by atoms with Gasteiger partial charge in [-0.2, -0.15) is 0 Å². The molecule has 1 fully saturated rings. The summed E-state index contributed by atoms with van der Waals surface area (Å²) in [5, 5.41) is 3.44. The van der Waals surface area contributed by atoms with Crippen molar-refractivity contribution in [1.82, 2.24) is 5.32 Å². The molecule has 1 N–H and O–H groups in total. The highest BCUT2D eigenvalue weighted by Crippen LogP contribution is 2.30. The Kier molecular flexibility index (Phi) is 5.84. The Morgan fingerprint density at radius 1 is 1.30 bits per heavy atom. The molecule has 0 aliphatic heterocycles. The Bertz CT molecular complexity index is 415. The Balaban J connectivity index is 2.10. The molecule has 20 heavy (non-hydrogen) atoms. The topological polar surface area (TPSA) is 21.3 Å². The maximum absolute atomic E-state index is 13.5. The molecule has 0 amide bonds. The molecule has 1 aliphatic rings. The maximum Gasteiger partial charge on any atom is 0.127 e. The number of ether oxygens (including phenoxy) is 1. The predicted octanol–water partition coefficient (Wildman–Crippen LogP) is 4.60. The summed E-state index contributed by atoms with van der Waals surface area (Å²) in [6, 6.07) is 5.09. The van der Waals surface area contributed by atoms with E-state index in [1.165, 1.54) is 31.4 Å². The molecular formula is C17H26FNO. The average Bonchev–Trinajstić information content (AvgIpc) is 2.46. The Morgan fingerprint density at radius 2 is 2.05 bits per heavy atom. The number of halogens is 1. The number of hydrogen-bond donors (Lipinski definition) is 1. The number of rotatable bonds is 6. The standard InChI is InChI=1S/C17H26FNO/c1-3-11-19-13(2)16-10-9-14(18)12-17(16)20-15-7-5-4-6-8-15/h9-10,12-13,15,19H,3-8,11H2,1-2H3. The highest BCUT2D eigenvalue weighted by atomic mass is 19.1. The fraction of sp³-hybridized carbons (Fsp3) is 0.647. The van der Waals surface area contributed by atoms with E-state index in [0.717, 1.165) is 31.4 Å². The average molecular weight is 279 g/mol. The van der Waals surface area contributed by atoms with Crippen molar-refractivity contribution >= 4 is 0 Å². The third-order valence-corrected chi connectivity index (χ3v) is 3.99. The highest BCUT2D eigenvalue weighted by molar-refractivity contribution is 5.36. The summed E-state index contributed by atoms with van der Waals surface area (Å²) >= 11 is 0. The van der Waals surface area contributed by atoms with Crippen molar-refractivity contribution in [1.29, 1.82) is 0 Å². The molecule has 1 aliphatic carbocycles. The van der Waals surface area contributed by atoms with Crippen molar-refractivity contribution in [2.45, 2.75) is 64.5 Å². The molecule has 112 valence electrons. The smallest absolute Gasteiger partial charge is 0.127 e. The van der Waals surface area contributed by atoms with E-state index in [1.54, 1.807) is 0 Å². The maximum atomic E-state index is 13.5. The summed E-state index contributed by atoms with van der Waals surface area (Å²) in [7, 11) is 0. The Labute approximate surface area is 121 Å². The first kappa shape index (κ1) is 15.3. The summed E-state index contributed by atoms with van der Waals surface area (Å²) in [5.41, 5.74) is 1.06. The third-order valence-electron chi connectivity index (χ3n) is 3.99. The van der Waals surface area contributed by atoms with Gasteiger partial charge in [-0.25, -0.2) is 4.39 Å². The van der Waals surface area contributed by atoms with E-state index in [0.29, 0.717) is 5.75 Å². The zero-order chi connectivity index (χ0) is 14.4. The SMILES string of the molecule is CCCNC(C)c1ccc(F)cc1OC1CCCCC1. The second-order valence-corrected chi connectivity index (χ2v) is 5.74. The van der Waals surface area contributed by atoms with Crippen molar-refractivity contribution < 1.29 is 9.13 Å². The molecule has 3 heteroatoms. The van der Waals surface area contributed by atoms with Crippen LogP contribution in [0, 0.1) is 5.82 Å². The lowest BCUT2D eigenvalue weighted by Crippen LogP contribution is -2.23. The van der Waals surface area contributed by atoms with E-state index < -0.39 is 0 Å². The lowest BCUT2D eigenvalue weighted by atomic mass is 9.97. The van der Waals surface area contributed by atoms with Crippen LogP contribution >= 0.6 is 0 Å². The van der Waals surface area contributed by atoms with E-state index in [1.807, 2.05) is 6.07 Å². The Hall–Kier alpha value is -1.09. The summed E-state index contributed by atoms with van der Waals surface area (Å²) in [6.07, 6.45) is 7.26. The van der Waals surface area contributed by atoms with E-state index in [-0.39, 0.29) is 18.0 Å². The zero-order valence-electron chi connectivity index (χ0n) is 12.6. The van der Waals surface area contributed by atoms with Crippen LogP contribution in [0.25, 0.3) is 0 Å². The first-order valence-electron chi connectivity index (χ1n) is 7.90. The molecule has 1 unspecified atom stereocenters. The minimum atomic E-state index is -0.220. The van der Waals surface area contributed by atoms with Gasteiger partial charge in [0.25, 0.3) is 0 Å². The Morgan fingerprint density at radius 3 is 2.75 bits per heavy atom. The monoisotopic (exact) mass is 279 g/mol. The lowest BCUT2D eigenvalue weighted by molar-refractivity contribution is 0.152. The van der Waals surface area contributed by atoms with Crippen molar-refractivity contribution in [2.24, 2.45) is 0 Å². The number of nitrogens with one attached hydrogen (secondary N) is 1. The number of hydrogen-bond acceptors (Lipinski definition) is 2. The van der Waals surface area contributed by atoms with Crippen molar-refractivity contribution in [3.63, 3.8) is 0 Å². The molecular weight excluding hydrogens is 253 g/mol. The molecule has 2 nitrogen and oxygen atoms in total. The van der Waals surface area contributed by atoms with Gasteiger partial charge in [-0.3, -0.25) is 0 Å². The van der Waals surface area contributed by atoms with Crippen molar-refractivity contribution in [2.75, 3.05) is 6.54 Å². The van der Waals surface area contributed by atoms with Crippen LogP contribution in [-0.2, 0) is 0 Å². The zero-order valence-corrected chi connectivity index (χ0v) is 12.6. The largest absolute Gasteiger partial charge is 0.490 e. The third kappa shape index (κ3) is 4.20. The van der Waals surface area contributed by atoms with Gasteiger partial charge in [0.05, 0.1) is 6.10 Å². The predicted molar refractivity (Wildman–Crippen MR) is 80.6 cm³/mol. The summed E-state index contributed by atoms with van der Waals surface area (Å²) in [5.74, 6) is 0.496. The minimum absolute atomic E-state index is 0.189. The molecule has 0 saturated heterocycles. The fourth-order valence-corrected chi connectivity index (χ4v) is 2.80. The lowest BCUT2D eigenvalue weighted by Gasteiger charge is -2.26. The molecule has 0 aromatic heterocycles. The highest BCUT2D eigenvalue weighted by Gasteiger charge is 2.18. The fourth-order valence-electron chi connectivity index (χ4n) is 2.80. The van der Waals surface area contributed by atoms with Crippen LogP contribution in [-0.4, -0.2) is 12.6 Å². The normalized spacial score (nSPS) is 17.9. The van der Waals surface area contributed by atoms with Crippen LogP contribution in [0.5, 0.6) is 5.75 Å². The van der Waals surface area contributed by atoms with E-state index in [9.17, 15) is 4.39 Å². The molecule has 1 atom stereocenters. The molecule has 0 spiro atoms. The summed E-state index contributed by atoms with van der Waals surface area (Å²) in [6.45, 7) is 5.21. The van der Waals surface area contributed by atoms with Crippen LogP contribution in [0.2, 0.25) is 0 Å². The van der Waals surface area contributed by atoms with Crippen molar-refractivity contribution in [3.05, 3.63) is 29.6 Å². The van der Waals surface area contributed by atoms with Gasteiger partial charge < -0.3 is 10.1 Å². The molecule has 0 bridgehead atoms. The van der Waals surface area contributed by atoms with Gasteiger partial charge >= 0.3 is 0 Å². The molecule has 1 aromatic rings. The first-order valence-corrected chi connectivity index (χ1v) is 7.90. The van der Waals surface area contributed by atoms with Crippen LogP contribution in [0.4, 0.5) is 4.39 Å². The van der Waals surface area contributed by atoms with Gasteiger partial charge in [-0.1, -0.05) is 19.4 Å². The van der Waals surface area contributed by atoms with Crippen LogP contribution in [0.3, 0.4) is 0 Å². The van der Waals surface area contributed by atoms with Gasteiger partial charge in [0, 0.05) is 17.7 Å². The van der Waals surface area contributed by atoms with Crippen LogP contribution in [0.15, 0.2) is 18.2 Å². The van der Waals surface area contributed by atoms with E-state index >= 15 is 0 Å². The van der Waals surface area contributed by atoms with Gasteiger partial charge in [0.1, 0.15) is 11.6 Å².